The molecular formula is C20H24ClNO5. The van der Waals surface area contributed by atoms with Crippen molar-refractivity contribution in [3.05, 3.63) is 46.0 Å². The molecule has 0 saturated carbocycles. The van der Waals surface area contributed by atoms with Gasteiger partial charge in [-0.05, 0) is 42.3 Å². The van der Waals surface area contributed by atoms with Gasteiger partial charge in [-0.1, -0.05) is 11.6 Å². The van der Waals surface area contributed by atoms with E-state index in [0.29, 0.717) is 40.1 Å². The molecule has 0 saturated heterocycles. The average molecular weight is 394 g/mol. The second-order valence-electron chi connectivity index (χ2n) is 5.99. The van der Waals surface area contributed by atoms with Gasteiger partial charge in [0.25, 0.3) is 5.91 Å². The van der Waals surface area contributed by atoms with Crippen molar-refractivity contribution in [2.75, 3.05) is 35.5 Å². The molecule has 0 aliphatic heterocycles. The number of rotatable bonds is 7. The highest BCUT2D eigenvalue weighted by atomic mass is 35.5. The zero-order chi connectivity index (χ0) is 20.1. The summed E-state index contributed by atoms with van der Waals surface area (Å²) in [4.78, 5) is 14.5. The predicted molar refractivity (Wildman–Crippen MR) is 105 cm³/mol. The van der Waals surface area contributed by atoms with Gasteiger partial charge in [0.15, 0.2) is 23.0 Å². The Labute approximate surface area is 164 Å². The minimum absolute atomic E-state index is 0.188. The molecule has 0 heterocycles. The zero-order valence-corrected chi connectivity index (χ0v) is 17.1. The molecule has 27 heavy (non-hydrogen) atoms. The quantitative estimate of drug-likeness (QED) is 0.712. The van der Waals surface area contributed by atoms with Crippen LogP contribution >= 0.6 is 11.6 Å². The van der Waals surface area contributed by atoms with E-state index in [0.717, 1.165) is 11.1 Å². The number of nitrogens with zero attached hydrogens (tertiary/aromatic N) is 1. The van der Waals surface area contributed by atoms with Crippen molar-refractivity contribution in [2.24, 2.45) is 0 Å². The Balaban J connectivity index is 2.30. The van der Waals surface area contributed by atoms with E-state index in [1.54, 1.807) is 38.3 Å². The summed E-state index contributed by atoms with van der Waals surface area (Å²) in [5.74, 6) is 1.89. The monoisotopic (exact) mass is 393 g/mol. The molecule has 2 aromatic carbocycles. The highest BCUT2D eigenvalue weighted by Gasteiger charge is 2.19. The molecule has 0 N–H and O–H groups in total. The molecule has 0 bridgehead atoms. The van der Waals surface area contributed by atoms with Crippen molar-refractivity contribution < 1.29 is 23.7 Å². The number of methoxy groups -OCH3 is 4. The summed E-state index contributed by atoms with van der Waals surface area (Å²) >= 11 is 6.21. The fourth-order valence-corrected chi connectivity index (χ4v) is 3.07. The van der Waals surface area contributed by atoms with E-state index in [1.807, 2.05) is 19.1 Å². The van der Waals surface area contributed by atoms with E-state index in [-0.39, 0.29) is 5.91 Å². The molecule has 6 nitrogen and oxygen atoms in total. The van der Waals surface area contributed by atoms with Crippen LogP contribution < -0.4 is 18.9 Å². The van der Waals surface area contributed by atoms with Crippen LogP contribution in [-0.4, -0.2) is 46.3 Å². The fourth-order valence-electron chi connectivity index (χ4n) is 2.78. The van der Waals surface area contributed by atoms with E-state index in [4.69, 9.17) is 30.5 Å². The third kappa shape index (κ3) is 4.39. The Hall–Kier alpha value is -2.60. The van der Waals surface area contributed by atoms with Crippen LogP contribution in [0.25, 0.3) is 0 Å². The van der Waals surface area contributed by atoms with Crippen LogP contribution in [0, 0.1) is 6.92 Å². The van der Waals surface area contributed by atoms with Crippen molar-refractivity contribution >= 4 is 17.5 Å². The minimum Gasteiger partial charge on any atom is -0.493 e. The van der Waals surface area contributed by atoms with Crippen LogP contribution in [0.3, 0.4) is 0 Å². The summed E-state index contributed by atoms with van der Waals surface area (Å²) in [7, 11) is 7.89. The molecule has 2 rings (SSSR count). The van der Waals surface area contributed by atoms with Gasteiger partial charge in [0.1, 0.15) is 0 Å². The maximum atomic E-state index is 12.9. The second-order valence-corrected chi connectivity index (χ2v) is 6.40. The number of hydrogen-bond acceptors (Lipinski definition) is 5. The topological polar surface area (TPSA) is 57.2 Å². The lowest BCUT2D eigenvalue weighted by Crippen LogP contribution is -2.26. The molecule has 2 aromatic rings. The van der Waals surface area contributed by atoms with Gasteiger partial charge in [-0.15, -0.1) is 0 Å². The summed E-state index contributed by atoms with van der Waals surface area (Å²) < 4.78 is 21.1. The number of carbonyl (C=O) groups excluding carboxylic acids is 1. The first-order valence-electron chi connectivity index (χ1n) is 8.24. The Kier molecular flexibility index (Phi) is 6.80. The molecule has 0 fully saturated rings. The number of halogens is 1. The first kappa shape index (κ1) is 20.7. The van der Waals surface area contributed by atoms with Crippen molar-refractivity contribution in [1.82, 2.24) is 4.90 Å². The Morgan fingerprint density at radius 3 is 2.07 bits per heavy atom. The highest BCUT2D eigenvalue weighted by molar-refractivity contribution is 6.32. The number of carbonyl (C=O) groups is 1. The Bertz CT molecular complexity index is 838. The van der Waals surface area contributed by atoms with Crippen LogP contribution in [-0.2, 0) is 6.54 Å². The smallest absolute Gasteiger partial charge is 0.254 e. The van der Waals surface area contributed by atoms with Gasteiger partial charge in [-0.25, -0.2) is 0 Å². The standard InChI is InChI=1S/C20H24ClNO5/c1-12-7-16(24-3)17(25-4)10-14(12)11-22(2)20(23)13-8-15(21)19(27-6)18(9-13)26-5/h7-10H,11H2,1-6H3. The zero-order valence-electron chi connectivity index (χ0n) is 16.4. The van der Waals surface area contributed by atoms with E-state index in [1.165, 1.54) is 14.2 Å². The molecular weight excluding hydrogens is 370 g/mol. The van der Waals surface area contributed by atoms with Gasteiger partial charge < -0.3 is 23.8 Å². The van der Waals surface area contributed by atoms with Crippen molar-refractivity contribution in [2.45, 2.75) is 13.5 Å². The first-order chi connectivity index (χ1) is 12.9. The summed E-state index contributed by atoms with van der Waals surface area (Å²) in [6, 6.07) is 6.95. The molecule has 0 radical (unpaired) electrons. The maximum absolute atomic E-state index is 12.9. The van der Waals surface area contributed by atoms with Crippen molar-refractivity contribution in [3.8, 4) is 23.0 Å². The molecule has 7 heteroatoms. The normalized spacial score (nSPS) is 10.3. The summed E-state index contributed by atoms with van der Waals surface area (Å²) in [6.07, 6.45) is 0. The fraction of sp³-hybridized carbons (Fsp3) is 0.350. The Morgan fingerprint density at radius 1 is 0.926 bits per heavy atom. The lowest BCUT2D eigenvalue weighted by Gasteiger charge is -2.21. The number of benzene rings is 2. The van der Waals surface area contributed by atoms with Crippen LogP contribution in [0.5, 0.6) is 23.0 Å². The van der Waals surface area contributed by atoms with Gasteiger partial charge in [-0.2, -0.15) is 0 Å². The van der Waals surface area contributed by atoms with Crippen LogP contribution in [0.1, 0.15) is 21.5 Å². The molecule has 0 aliphatic carbocycles. The molecule has 0 unspecified atom stereocenters. The largest absolute Gasteiger partial charge is 0.493 e. The van der Waals surface area contributed by atoms with E-state index in [2.05, 4.69) is 0 Å². The summed E-state index contributed by atoms with van der Waals surface area (Å²) in [6.45, 7) is 2.36. The van der Waals surface area contributed by atoms with Crippen LogP contribution in [0.4, 0.5) is 0 Å². The van der Waals surface area contributed by atoms with E-state index in [9.17, 15) is 4.79 Å². The van der Waals surface area contributed by atoms with Gasteiger partial charge >= 0.3 is 0 Å². The number of amides is 1. The molecule has 1 amide bonds. The maximum Gasteiger partial charge on any atom is 0.254 e. The number of aryl methyl sites for hydroxylation is 1. The van der Waals surface area contributed by atoms with Gasteiger partial charge in [0.2, 0.25) is 0 Å². The highest BCUT2D eigenvalue weighted by Crippen LogP contribution is 2.36. The molecule has 146 valence electrons. The minimum atomic E-state index is -0.188. The lowest BCUT2D eigenvalue weighted by molar-refractivity contribution is 0.0784. The molecule has 0 spiro atoms. The number of ether oxygens (including phenoxy) is 4. The van der Waals surface area contributed by atoms with Gasteiger partial charge in [0.05, 0.1) is 33.5 Å². The molecule has 0 atom stereocenters. The Morgan fingerprint density at radius 2 is 1.52 bits per heavy atom. The van der Waals surface area contributed by atoms with Crippen LogP contribution in [0.2, 0.25) is 5.02 Å². The van der Waals surface area contributed by atoms with E-state index >= 15 is 0 Å². The summed E-state index contributed by atoms with van der Waals surface area (Å²) in [5.41, 5.74) is 2.37. The first-order valence-corrected chi connectivity index (χ1v) is 8.62. The SMILES string of the molecule is COc1cc(C)c(CN(C)C(=O)c2cc(Cl)c(OC)c(OC)c2)cc1OC. The second kappa shape index (κ2) is 8.86. The lowest BCUT2D eigenvalue weighted by atomic mass is 10.1. The van der Waals surface area contributed by atoms with Gasteiger partial charge in [0, 0.05) is 19.2 Å². The third-order valence-corrected chi connectivity index (χ3v) is 4.56. The predicted octanol–water partition coefficient (Wildman–Crippen LogP) is 3.96. The molecule has 0 aromatic heterocycles. The van der Waals surface area contributed by atoms with Crippen LogP contribution in [0.15, 0.2) is 24.3 Å². The van der Waals surface area contributed by atoms with Gasteiger partial charge in [-0.3, -0.25) is 4.79 Å². The molecule has 0 aliphatic rings. The van der Waals surface area contributed by atoms with E-state index < -0.39 is 0 Å². The number of hydrogen-bond donors (Lipinski definition) is 0. The van der Waals surface area contributed by atoms with Crippen molar-refractivity contribution in [1.29, 1.82) is 0 Å². The average Bonchev–Trinajstić information content (AvgIpc) is 2.67. The summed E-state index contributed by atoms with van der Waals surface area (Å²) in [5, 5.41) is 0.316. The third-order valence-electron chi connectivity index (χ3n) is 4.28. The van der Waals surface area contributed by atoms with Crippen molar-refractivity contribution in [3.63, 3.8) is 0 Å².